The van der Waals surface area contributed by atoms with Gasteiger partial charge in [0.15, 0.2) is 6.61 Å². The molecular weight excluding hydrogens is 330 g/mol. The number of nitrogens with one attached hydrogen (secondary N) is 1. The number of ether oxygens (including phenoxy) is 1. The second-order valence-corrected chi connectivity index (χ2v) is 5.40. The average molecular weight is 346 g/mol. The normalized spacial score (nSPS) is 10.6. The van der Waals surface area contributed by atoms with Crippen molar-refractivity contribution in [2.45, 2.75) is 6.92 Å². The number of hydrogen-bond donors (Lipinski definition) is 2. The smallest absolute Gasteiger partial charge is 0.328 e. The van der Waals surface area contributed by atoms with E-state index in [-0.39, 0.29) is 12.5 Å². The number of carbonyl (C=O) groups excluding carboxylic acids is 1. The van der Waals surface area contributed by atoms with E-state index in [1.807, 2.05) is 6.92 Å². The van der Waals surface area contributed by atoms with Gasteiger partial charge >= 0.3 is 5.97 Å². The molecule has 0 atom stereocenters. The van der Waals surface area contributed by atoms with Crippen LogP contribution in [-0.2, 0) is 9.59 Å². The molecule has 0 heterocycles. The van der Waals surface area contributed by atoms with E-state index in [9.17, 15) is 9.59 Å². The van der Waals surface area contributed by atoms with Gasteiger partial charge in [0.25, 0.3) is 5.91 Å². The van der Waals surface area contributed by atoms with Crippen LogP contribution >= 0.6 is 11.6 Å². The predicted octanol–water partition coefficient (Wildman–Crippen LogP) is 3.76. The molecular formula is C18H16ClNO4. The summed E-state index contributed by atoms with van der Waals surface area (Å²) in [6.07, 6.45) is 2.53. The van der Waals surface area contributed by atoms with Crippen LogP contribution in [0.2, 0.25) is 5.02 Å². The largest absolute Gasteiger partial charge is 0.484 e. The SMILES string of the molecule is Cc1c(Cl)cccc1NC(=O)COc1ccc(/C=C/C(=O)O)cc1. The molecule has 2 aromatic carbocycles. The fourth-order valence-electron chi connectivity index (χ4n) is 1.92. The zero-order valence-electron chi connectivity index (χ0n) is 13.0. The molecule has 0 unspecified atom stereocenters. The molecule has 0 aromatic heterocycles. The molecule has 0 saturated carbocycles. The van der Waals surface area contributed by atoms with Gasteiger partial charge < -0.3 is 15.2 Å². The standard InChI is InChI=1S/C18H16ClNO4/c1-12-15(19)3-2-4-16(12)20-17(21)11-24-14-8-5-13(6-9-14)7-10-18(22)23/h2-10H,11H2,1H3,(H,20,21)(H,22,23)/b10-7+. The quantitative estimate of drug-likeness (QED) is 0.781. The molecule has 1 amide bonds. The number of hydrogen-bond acceptors (Lipinski definition) is 3. The van der Waals surface area contributed by atoms with Crippen molar-refractivity contribution in [1.29, 1.82) is 0 Å². The van der Waals surface area contributed by atoms with E-state index in [1.54, 1.807) is 42.5 Å². The summed E-state index contributed by atoms with van der Waals surface area (Å²) in [5.74, 6) is -0.793. The topological polar surface area (TPSA) is 75.6 Å². The highest BCUT2D eigenvalue weighted by Crippen LogP contribution is 2.22. The molecule has 24 heavy (non-hydrogen) atoms. The van der Waals surface area contributed by atoms with Crippen molar-refractivity contribution in [3.05, 3.63) is 64.7 Å². The van der Waals surface area contributed by atoms with Crippen LogP contribution in [0.15, 0.2) is 48.5 Å². The van der Waals surface area contributed by atoms with E-state index in [0.29, 0.717) is 16.5 Å². The Hall–Kier alpha value is -2.79. The van der Waals surface area contributed by atoms with Crippen molar-refractivity contribution in [3.63, 3.8) is 0 Å². The summed E-state index contributed by atoms with van der Waals surface area (Å²) in [5, 5.41) is 11.9. The van der Waals surface area contributed by atoms with Crippen molar-refractivity contribution in [3.8, 4) is 5.75 Å². The minimum atomic E-state index is -1.01. The van der Waals surface area contributed by atoms with Crippen molar-refractivity contribution in [2.75, 3.05) is 11.9 Å². The van der Waals surface area contributed by atoms with Crippen molar-refractivity contribution in [2.24, 2.45) is 0 Å². The molecule has 0 spiro atoms. The van der Waals surface area contributed by atoms with Gasteiger partial charge in [-0.2, -0.15) is 0 Å². The minimum absolute atomic E-state index is 0.143. The monoisotopic (exact) mass is 345 g/mol. The Bertz CT molecular complexity index is 769. The molecule has 5 nitrogen and oxygen atoms in total. The first kappa shape index (κ1) is 17.6. The molecule has 2 rings (SSSR count). The Morgan fingerprint density at radius 3 is 2.58 bits per heavy atom. The number of aliphatic carboxylic acids is 1. The van der Waals surface area contributed by atoms with Gasteiger partial charge in [0.1, 0.15) is 5.75 Å². The number of carboxylic acid groups (broad SMARTS) is 1. The summed E-state index contributed by atoms with van der Waals surface area (Å²) in [5.41, 5.74) is 2.16. The first-order valence-corrected chi connectivity index (χ1v) is 7.52. The summed E-state index contributed by atoms with van der Waals surface area (Å²) in [4.78, 5) is 22.4. The summed E-state index contributed by atoms with van der Waals surface area (Å²) in [7, 11) is 0. The fourth-order valence-corrected chi connectivity index (χ4v) is 2.10. The highest BCUT2D eigenvalue weighted by atomic mass is 35.5. The number of carboxylic acids is 1. The third kappa shape index (κ3) is 5.14. The number of carbonyl (C=O) groups is 2. The third-order valence-corrected chi connectivity index (χ3v) is 3.62. The Labute approximate surface area is 144 Å². The Morgan fingerprint density at radius 1 is 1.21 bits per heavy atom. The first-order chi connectivity index (χ1) is 11.5. The van der Waals surface area contributed by atoms with Crippen LogP contribution in [0.4, 0.5) is 5.69 Å². The zero-order valence-corrected chi connectivity index (χ0v) is 13.7. The second kappa shape index (κ2) is 8.17. The molecule has 2 N–H and O–H groups in total. The molecule has 0 radical (unpaired) electrons. The lowest BCUT2D eigenvalue weighted by Crippen LogP contribution is -2.20. The van der Waals surface area contributed by atoms with E-state index in [2.05, 4.69) is 5.32 Å². The van der Waals surface area contributed by atoms with Crippen LogP contribution < -0.4 is 10.1 Å². The van der Waals surface area contributed by atoms with Gasteiger partial charge in [0, 0.05) is 16.8 Å². The number of amides is 1. The van der Waals surface area contributed by atoms with Crippen molar-refractivity contribution < 1.29 is 19.4 Å². The second-order valence-electron chi connectivity index (χ2n) is 4.99. The molecule has 124 valence electrons. The van der Waals surface area contributed by atoms with Gasteiger partial charge in [-0.05, 0) is 48.4 Å². The molecule has 0 aliphatic heterocycles. The highest BCUT2D eigenvalue weighted by molar-refractivity contribution is 6.31. The minimum Gasteiger partial charge on any atom is -0.484 e. The Balaban J connectivity index is 1.89. The molecule has 0 saturated heterocycles. The number of halogens is 1. The van der Waals surface area contributed by atoms with Crippen molar-refractivity contribution in [1.82, 2.24) is 0 Å². The Kier molecular flexibility index (Phi) is 5.98. The molecule has 0 aliphatic carbocycles. The summed E-state index contributed by atoms with van der Waals surface area (Å²) >= 11 is 6.01. The van der Waals surface area contributed by atoms with Gasteiger partial charge in [-0.3, -0.25) is 4.79 Å². The van der Waals surface area contributed by atoms with E-state index in [0.717, 1.165) is 17.2 Å². The first-order valence-electron chi connectivity index (χ1n) is 7.14. The van der Waals surface area contributed by atoms with Gasteiger partial charge in [0.2, 0.25) is 0 Å². The maximum absolute atomic E-state index is 11.9. The predicted molar refractivity (Wildman–Crippen MR) is 93.4 cm³/mol. The van der Waals surface area contributed by atoms with Crippen LogP contribution in [0.1, 0.15) is 11.1 Å². The molecule has 6 heteroatoms. The van der Waals surface area contributed by atoms with E-state index in [1.165, 1.54) is 6.08 Å². The van der Waals surface area contributed by atoms with Crippen LogP contribution in [0, 0.1) is 6.92 Å². The number of benzene rings is 2. The number of rotatable bonds is 6. The van der Waals surface area contributed by atoms with E-state index < -0.39 is 5.97 Å². The lowest BCUT2D eigenvalue weighted by atomic mass is 10.2. The fraction of sp³-hybridized carbons (Fsp3) is 0.111. The molecule has 2 aromatic rings. The maximum Gasteiger partial charge on any atom is 0.328 e. The van der Waals surface area contributed by atoms with Crippen LogP contribution in [-0.4, -0.2) is 23.6 Å². The number of anilines is 1. The average Bonchev–Trinajstić information content (AvgIpc) is 2.56. The van der Waals surface area contributed by atoms with Gasteiger partial charge in [-0.15, -0.1) is 0 Å². The Morgan fingerprint density at radius 2 is 1.92 bits per heavy atom. The van der Waals surface area contributed by atoms with Gasteiger partial charge in [-0.1, -0.05) is 29.8 Å². The van der Waals surface area contributed by atoms with Crippen LogP contribution in [0.5, 0.6) is 5.75 Å². The van der Waals surface area contributed by atoms with Crippen LogP contribution in [0.3, 0.4) is 0 Å². The van der Waals surface area contributed by atoms with Gasteiger partial charge in [0.05, 0.1) is 0 Å². The molecule has 0 bridgehead atoms. The maximum atomic E-state index is 11.9. The summed E-state index contributed by atoms with van der Waals surface area (Å²) in [6, 6.07) is 12.0. The van der Waals surface area contributed by atoms with Crippen LogP contribution in [0.25, 0.3) is 6.08 Å². The lowest BCUT2D eigenvalue weighted by Gasteiger charge is -2.10. The molecule has 0 aliphatic rings. The molecule has 0 fully saturated rings. The third-order valence-electron chi connectivity index (χ3n) is 3.21. The van der Waals surface area contributed by atoms with Gasteiger partial charge in [-0.25, -0.2) is 4.79 Å². The van der Waals surface area contributed by atoms with E-state index in [4.69, 9.17) is 21.4 Å². The highest BCUT2D eigenvalue weighted by Gasteiger charge is 2.07. The lowest BCUT2D eigenvalue weighted by molar-refractivity contribution is -0.131. The summed E-state index contributed by atoms with van der Waals surface area (Å²) in [6.45, 7) is 1.68. The van der Waals surface area contributed by atoms with E-state index >= 15 is 0 Å². The summed E-state index contributed by atoms with van der Waals surface area (Å²) < 4.78 is 5.41. The van der Waals surface area contributed by atoms with Crippen molar-refractivity contribution >= 4 is 35.2 Å². The zero-order chi connectivity index (χ0) is 17.5.